The van der Waals surface area contributed by atoms with Crippen molar-refractivity contribution in [3.8, 4) is 5.75 Å². The number of hydrogen-bond donors (Lipinski definition) is 0. The summed E-state index contributed by atoms with van der Waals surface area (Å²) in [5.41, 5.74) is 1.73. The number of rotatable bonds is 4. The van der Waals surface area contributed by atoms with Crippen LogP contribution in [0.2, 0.25) is 0 Å². The third kappa shape index (κ3) is 3.31. The summed E-state index contributed by atoms with van der Waals surface area (Å²) in [5.74, 6) is 1.36. The van der Waals surface area contributed by atoms with E-state index in [-0.39, 0.29) is 5.91 Å². The molecule has 1 aliphatic rings. The predicted molar refractivity (Wildman–Crippen MR) is 78.2 cm³/mol. The van der Waals surface area contributed by atoms with Crippen molar-refractivity contribution >= 4 is 5.91 Å². The predicted octanol–water partition coefficient (Wildman–Crippen LogP) is 2.50. The van der Waals surface area contributed by atoms with Gasteiger partial charge in [-0.25, -0.2) is 0 Å². The molecule has 1 heterocycles. The molecule has 0 aliphatic carbocycles. The van der Waals surface area contributed by atoms with E-state index in [2.05, 4.69) is 0 Å². The van der Waals surface area contributed by atoms with Crippen molar-refractivity contribution in [3.63, 3.8) is 0 Å². The van der Waals surface area contributed by atoms with Gasteiger partial charge in [0.15, 0.2) is 0 Å². The number of piperidine rings is 1. The molecule has 1 saturated heterocycles. The highest BCUT2D eigenvalue weighted by molar-refractivity contribution is 5.95. The van der Waals surface area contributed by atoms with Crippen molar-refractivity contribution in [3.05, 3.63) is 29.3 Å². The van der Waals surface area contributed by atoms with Crippen LogP contribution < -0.4 is 4.74 Å². The Morgan fingerprint density at radius 3 is 2.85 bits per heavy atom. The van der Waals surface area contributed by atoms with Gasteiger partial charge in [-0.05, 0) is 49.4 Å². The van der Waals surface area contributed by atoms with Crippen LogP contribution in [-0.4, -0.2) is 44.7 Å². The highest BCUT2D eigenvalue weighted by Gasteiger charge is 2.25. The molecule has 0 unspecified atom stereocenters. The van der Waals surface area contributed by atoms with Gasteiger partial charge in [0.1, 0.15) is 5.75 Å². The van der Waals surface area contributed by atoms with Gasteiger partial charge in [-0.2, -0.15) is 0 Å². The Balaban J connectivity index is 2.10. The number of aryl methyl sites for hydroxylation is 1. The van der Waals surface area contributed by atoms with Crippen molar-refractivity contribution < 1.29 is 14.3 Å². The lowest BCUT2D eigenvalue weighted by molar-refractivity contribution is 0.0570. The molecular formula is C16H23NO3. The SMILES string of the molecule is COC[C@@H]1CCCN(C(=O)c2ccc(OC)cc2C)C1. The average Bonchev–Trinajstić information content (AvgIpc) is 2.47. The van der Waals surface area contributed by atoms with E-state index in [1.54, 1.807) is 14.2 Å². The fourth-order valence-electron chi connectivity index (χ4n) is 2.79. The van der Waals surface area contributed by atoms with E-state index < -0.39 is 0 Å². The van der Waals surface area contributed by atoms with Crippen LogP contribution in [0.3, 0.4) is 0 Å². The second-order valence-electron chi connectivity index (χ2n) is 5.40. The van der Waals surface area contributed by atoms with Gasteiger partial charge < -0.3 is 14.4 Å². The molecule has 0 aromatic heterocycles. The number of ether oxygens (including phenoxy) is 2. The van der Waals surface area contributed by atoms with Gasteiger partial charge >= 0.3 is 0 Å². The number of amides is 1. The van der Waals surface area contributed by atoms with E-state index in [1.165, 1.54) is 0 Å². The van der Waals surface area contributed by atoms with Gasteiger partial charge in [-0.1, -0.05) is 0 Å². The Bertz CT molecular complexity index is 471. The Morgan fingerprint density at radius 1 is 1.40 bits per heavy atom. The number of benzene rings is 1. The van der Waals surface area contributed by atoms with E-state index in [1.807, 2.05) is 30.0 Å². The molecule has 20 heavy (non-hydrogen) atoms. The summed E-state index contributed by atoms with van der Waals surface area (Å²) in [6.45, 7) is 4.31. The quantitative estimate of drug-likeness (QED) is 0.849. The van der Waals surface area contributed by atoms with E-state index in [4.69, 9.17) is 9.47 Å². The summed E-state index contributed by atoms with van der Waals surface area (Å²) in [4.78, 5) is 14.6. The Hall–Kier alpha value is -1.55. The summed E-state index contributed by atoms with van der Waals surface area (Å²) in [6, 6.07) is 5.61. The summed E-state index contributed by atoms with van der Waals surface area (Å²) in [7, 11) is 3.35. The standard InChI is InChI=1S/C16H23NO3/c1-12-9-14(20-3)6-7-15(12)16(18)17-8-4-5-13(10-17)11-19-2/h6-7,9,13H,4-5,8,10-11H2,1-3H3/t13-/m1/s1. The zero-order chi connectivity index (χ0) is 14.5. The third-order valence-electron chi connectivity index (χ3n) is 3.87. The number of nitrogens with zero attached hydrogens (tertiary/aromatic N) is 1. The highest BCUT2D eigenvalue weighted by Crippen LogP contribution is 2.22. The van der Waals surface area contributed by atoms with Crippen LogP contribution in [0.25, 0.3) is 0 Å². The highest BCUT2D eigenvalue weighted by atomic mass is 16.5. The van der Waals surface area contributed by atoms with Gasteiger partial charge in [-0.3, -0.25) is 4.79 Å². The van der Waals surface area contributed by atoms with Crippen LogP contribution in [0.1, 0.15) is 28.8 Å². The molecule has 4 heteroatoms. The lowest BCUT2D eigenvalue weighted by atomic mass is 9.97. The third-order valence-corrected chi connectivity index (χ3v) is 3.87. The van der Waals surface area contributed by atoms with E-state index in [9.17, 15) is 4.79 Å². The fraction of sp³-hybridized carbons (Fsp3) is 0.562. The van der Waals surface area contributed by atoms with Gasteiger partial charge in [-0.15, -0.1) is 0 Å². The van der Waals surface area contributed by atoms with E-state index in [0.29, 0.717) is 5.92 Å². The minimum atomic E-state index is 0.117. The van der Waals surface area contributed by atoms with Crippen LogP contribution in [0, 0.1) is 12.8 Å². The van der Waals surface area contributed by atoms with E-state index in [0.717, 1.165) is 49.4 Å². The summed E-state index contributed by atoms with van der Waals surface area (Å²) < 4.78 is 10.4. The van der Waals surface area contributed by atoms with Crippen LogP contribution in [0.15, 0.2) is 18.2 Å². The largest absolute Gasteiger partial charge is 0.497 e. The molecule has 1 atom stereocenters. The fourth-order valence-corrected chi connectivity index (χ4v) is 2.79. The molecule has 0 saturated carbocycles. The molecule has 4 nitrogen and oxygen atoms in total. The Kier molecular flexibility index (Phi) is 5.01. The second kappa shape index (κ2) is 6.75. The van der Waals surface area contributed by atoms with Gasteiger partial charge in [0.05, 0.1) is 13.7 Å². The minimum Gasteiger partial charge on any atom is -0.497 e. The molecule has 0 radical (unpaired) electrons. The maximum Gasteiger partial charge on any atom is 0.254 e. The molecule has 1 aromatic rings. The van der Waals surface area contributed by atoms with Gasteiger partial charge in [0.25, 0.3) is 5.91 Å². The van der Waals surface area contributed by atoms with Gasteiger partial charge in [0.2, 0.25) is 0 Å². The zero-order valence-corrected chi connectivity index (χ0v) is 12.5. The normalized spacial score (nSPS) is 18.9. The first-order valence-corrected chi connectivity index (χ1v) is 7.08. The second-order valence-corrected chi connectivity index (χ2v) is 5.40. The number of carbonyl (C=O) groups is 1. The van der Waals surface area contributed by atoms with Crippen LogP contribution in [-0.2, 0) is 4.74 Å². The molecule has 1 fully saturated rings. The monoisotopic (exact) mass is 277 g/mol. The van der Waals surface area contributed by atoms with Crippen molar-refractivity contribution in [1.29, 1.82) is 0 Å². The summed E-state index contributed by atoms with van der Waals surface area (Å²) in [6.07, 6.45) is 2.19. The molecule has 110 valence electrons. The molecule has 0 spiro atoms. The molecule has 2 rings (SSSR count). The molecular weight excluding hydrogens is 254 g/mol. The number of carbonyl (C=O) groups excluding carboxylic acids is 1. The zero-order valence-electron chi connectivity index (χ0n) is 12.5. The van der Waals surface area contributed by atoms with Crippen molar-refractivity contribution in [1.82, 2.24) is 4.90 Å². The number of likely N-dealkylation sites (tertiary alicyclic amines) is 1. The molecule has 0 bridgehead atoms. The van der Waals surface area contributed by atoms with Crippen LogP contribution in [0.5, 0.6) is 5.75 Å². The first-order chi connectivity index (χ1) is 9.65. The Morgan fingerprint density at radius 2 is 2.20 bits per heavy atom. The van der Waals surface area contributed by atoms with E-state index >= 15 is 0 Å². The molecule has 0 N–H and O–H groups in total. The van der Waals surface area contributed by atoms with Crippen molar-refractivity contribution in [2.75, 3.05) is 33.9 Å². The summed E-state index contributed by atoms with van der Waals surface area (Å²) in [5, 5.41) is 0. The maximum absolute atomic E-state index is 12.6. The topological polar surface area (TPSA) is 38.8 Å². The number of methoxy groups -OCH3 is 2. The smallest absolute Gasteiger partial charge is 0.254 e. The van der Waals surface area contributed by atoms with Crippen LogP contribution >= 0.6 is 0 Å². The first-order valence-electron chi connectivity index (χ1n) is 7.08. The molecule has 1 aliphatic heterocycles. The van der Waals surface area contributed by atoms with Crippen molar-refractivity contribution in [2.24, 2.45) is 5.92 Å². The Labute approximate surface area is 120 Å². The number of hydrogen-bond acceptors (Lipinski definition) is 3. The minimum absolute atomic E-state index is 0.117. The molecule has 1 amide bonds. The maximum atomic E-state index is 12.6. The summed E-state index contributed by atoms with van der Waals surface area (Å²) >= 11 is 0. The lowest BCUT2D eigenvalue weighted by Gasteiger charge is -2.32. The van der Waals surface area contributed by atoms with Crippen LogP contribution in [0.4, 0.5) is 0 Å². The first kappa shape index (κ1) is 14.9. The van der Waals surface area contributed by atoms with Gasteiger partial charge in [0, 0.05) is 25.8 Å². The van der Waals surface area contributed by atoms with Crippen molar-refractivity contribution in [2.45, 2.75) is 19.8 Å². The molecule has 1 aromatic carbocycles. The average molecular weight is 277 g/mol. The lowest BCUT2D eigenvalue weighted by Crippen LogP contribution is -2.41.